The molecule has 3 heterocycles. The standard InChI is InChI=1S/C21H27N3O3/c1-13(2)18-11-24-10-16(9-17(24)12-26-18)22-21(25)19-14(3)27-23-20(19)15-7-5-4-6-8-15/h4-8,13,16-18H,9-12H2,1-3H3,(H,22,25)/t16-,17-,18+/m0/s1. The predicted molar refractivity (Wildman–Crippen MR) is 102 cm³/mol. The summed E-state index contributed by atoms with van der Waals surface area (Å²) < 4.78 is 11.3. The summed E-state index contributed by atoms with van der Waals surface area (Å²) >= 11 is 0. The largest absolute Gasteiger partial charge is 0.375 e. The molecule has 2 aliphatic rings. The van der Waals surface area contributed by atoms with Gasteiger partial charge in [0.1, 0.15) is 17.0 Å². The highest BCUT2D eigenvalue weighted by atomic mass is 16.5. The number of benzene rings is 1. The van der Waals surface area contributed by atoms with Gasteiger partial charge in [-0.2, -0.15) is 0 Å². The van der Waals surface area contributed by atoms with E-state index in [2.05, 4.69) is 29.2 Å². The van der Waals surface area contributed by atoms with Crippen LogP contribution in [0.3, 0.4) is 0 Å². The fraction of sp³-hybridized carbons (Fsp3) is 0.524. The number of carbonyl (C=O) groups is 1. The van der Waals surface area contributed by atoms with Gasteiger partial charge < -0.3 is 14.6 Å². The third-order valence-electron chi connectivity index (χ3n) is 5.66. The van der Waals surface area contributed by atoms with Crippen molar-refractivity contribution in [3.8, 4) is 11.3 Å². The molecule has 1 aromatic carbocycles. The Hall–Kier alpha value is -2.18. The average Bonchev–Trinajstić information content (AvgIpc) is 3.24. The summed E-state index contributed by atoms with van der Waals surface area (Å²) in [5, 5.41) is 7.31. The van der Waals surface area contributed by atoms with Crippen LogP contribution in [0, 0.1) is 12.8 Å². The Morgan fingerprint density at radius 3 is 2.78 bits per heavy atom. The molecule has 2 aliphatic heterocycles. The lowest BCUT2D eigenvalue weighted by atomic mass is 10.0. The number of carbonyl (C=O) groups excluding carboxylic acids is 1. The molecule has 6 heteroatoms. The maximum atomic E-state index is 13.0. The van der Waals surface area contributed by atoms with Crippen LogP contribution in [-0.2, 0) is 4.74 Å². The zero-order valence-electron chi connectivity index (χ0n) is 16.1. The molecule has 1 aromatic heterocycles. The molecule has 6 nitrogen and oxygen atoms in total. The van der Waals surface area contributed by atoms with Gasteiger partial charge in [0.15, 0.2) is 0 Å². The summed E-state index contributed by atoms with van der Waals surface area (Å²) in [5.74, 6) is 0.941. The Labute approximate surface area is 159 Å². The molecule has 4 rings (SSSR count). The number of ether oxygens (including phenoxy) is 1. The Bertz CT molecular complexity index is 802. The van der Waals surface area contributed by atoms with Gasteiger partial charge in [-0.15, -0.1) is 0 Å². The molecule has 2 aromatic rings. The Morgan fingerprint density at radius 1 is 1.26 bits per heavy atom. The Kier molecular flexibility index (Phi) is 5.02. The first kappa shape index (κ1) is 18.2. The summed E-state index contributed by atoms with van der Waals surface area (Å²) in [7, 11) is 0. The van der Waals surface area contributed by atoms with Crippen molar-refractivity contribution in [3.63, 3.8) is 0 Å². The number of hydrogen-bond acceptors (Lipinski definition) is 5. The average molecular weight is 369 g/mol. The number of hydrogen-bond donors (Lipinski definition) is 1. The van der Waals surface area contributed by atoms with Crippen molar-refractivity contribution in [1.82, 2.24) is 15.4 Å². The first-order valence-corrected chi connectivity index (χ1v) is 9.71. The summed E-state index contributed by atoms with van der Waals surface area (Å²) in [4.78, 5) is 15.5. The smallest absolute Gasteiger partial charge is 0.257 e. The SMILES string of the molecule is Cc1onc(-c2ccccc2)c1C(=O)N[C@H]1C[C@H]2CO[C@@H](C(C)C)CN2C1. The zero-order chi connectivity index (χ0) is 19.0. The van der Waals surface area contributed by atoms with Crippen molar-refractivity contribution in [2.45, 2.75) is 45.4 Å². The number of amides is 1. The highest BCUT2D eigenvalue weighted by Crippen LogP contribution is 2.28. The van der Waals surface area contributed by atoms with Crippen LogP contribution in [0.4, 0.5) is 0 Å². The second-order valence-electron chi connectivity index (χ2n) is 7.96. The third-order valence-corrected chi connectivity index (χ3v) is 5.66. The van der Waals surface area contributed by atoms with Crippen molar-refractivity contribution < 1.29 is 14.1 Å². The Balaban J connectivity index is 1.46. The van der Waals surface area contributed by atoms with E-state index in [1.54, 1.807) is 6.92 Å². The molecule has 1 N–H and O–H groups in total. The second-order valence-corrected chi connectivity index (χ2v) is 7.96. The topological polar surface area (TPSA) is 67.6 Å². The van der Waals surface area contributed by atoms with E-state index in [9.17, 15) is 4.79 Å². The van der Waals surface area contributed by atoms with Crippen LogP contribution in [0.5, 0.6) is 0 Å². The first-order valence-electron chi connectivity index (χ1n) is 9.71. The number of aryl methyl sites for hydroxylation is 1. The number of nitrogens with zero attached hydrogens (tertiary/aromatic N) is 2. The highest BCUT2D eigenvalue weighted by Gasteiger charge is 2.39. The summed E-state index contributed by atoms with van der Waals surface area (Å²) in [6.07, 6.45) is 1.20. The van der Waals surface area contributed by atoms with Gasteiger partial charge >= 0.3 is 0 Å². The number of nitrogens with one attached hydrogen (secondary N) is 1. The van der Waals surface area contributed by atoms with Crippen LogP contribution in [-0.4, -0.2) is 53.8 Å². The molecule has 3 atom stereocenters. The normalized spacial score (nSPS) is 25.6. The van der Waals surface area contributed by atoms with E-state index in [0.29, 0.717) is 29.0 Å². The first-order chi connectivity index (χ1) is 13.0. The summed E-state index contributed by atoms with van der Waals surface area (Å²) in [6.45, 7) is 8.73. The maximum Gasteiger partial charge on any atom is 0.257 e. The molecule has 0 radical (unpaired) electrons. The van der Waals surface area contributed by atoms with Crippen LogP contribution < -0.4 is 5.32 Å². The van der Waals surface area contributed by atoms with Crippen LogP contribution in [0.15, 0.2) is 34.9 Å². The lowest BCUT2D eigenvalue weighted by molar-refractivity contribution is -0.0683. The van der Waals surface area contributed by atoms with E-state index in [0.717, 1.165) is 31.7 Å². The van der Waals surface area contributed by atoms with E-state index in [1.165, 1.54) is 0 Å². The predicted octanol–water partition coefficient (Wildman–Crippen LogP) is 2.88. The van der Waals surface area contributed by atoms with Gasteiger partial charge in [-0.3, -0.25) is 9.69 Å². The number of fused-ring (bicyclic) bond motifs is 1. The van der Waals surface area contributed by atoms with Crippen LogP contribution in [0.25, 0.3) is 11.3 Å². The molecule has 0 aliphatic carbocycles. The summed E-state index contributed by atoms with van der Waals surface area (Å²) in [5.41, 5.74) is 2.02. The lowest BCUT2D eigenvalue weighted by Gasteiger charge is -2.36. The van der Waals surface area contributed by atoms with Crippen molar-refractivity contribution in [3.05, 3.63) is 41.7 Å². The fourth-order valence-electron chi connectivity index (χ4n) is 4.10. The van der Waals surface area contributed by atoms with Gasteiger partial charge in [-0.1, -0.05) is 49.3 Å². The van der Waals surface area contributed by atoms with E-state index in [4.69, 9.17) is 9.26 Å². The number of aromatic nitrogens is 1. The molecule has 2 saturated heterocycles. The molecular formula is C21H27N3O3. The van der Waals surface area contributed by atoms with Crippen molar-refractivity contribution in [1.29, 1.82) is 0 Å². The molecule has 0 spiro atoms. The molecule has 2 fully saturated rings. The van der Waals surface area contributed by atoms with E-state index < -0.39 is 0 Å². The van der Waals surface area contributed by atoms with Gasteiger partial charge in [0.2, 0.25) is 0 Å². The van der Waals surface area contributed by atoms with Crippen LogP contribution in [0.1, 0.15) is 36.4 Å². The second kappa shape index (κ2) is 7.44. The monoisotopic (exact) mass is 369 g/mol. The minimum Gasteiger partial charge on any atom is -0.375 e. The van der Waals surface area contributed by atoms with Gasteiger partial charge in [0.05, 0.1) is 12.7 Å². The molecular weight excluding hydrogens is 342 g/mol. The van der Waals surface area contributed by atoms with Crippen molar-refractivity contribution in [2.24, 2.45) is 5.92 Å². The lowest BCUT2D eigenvalue weighted by Crippen LogP contribution is -2.48. The molecule has 144 valence electrons. The van der Waals surface area contributed by atoms with Crippen molar-refractivity contribution in [2.75, 3.05) is 19.7 Å². The maximum absolute atomic E-state index is 13.0. The molecule has 27 heavy (non-hydrogen) atoms. The van der Waals surface area contributed by atoms with E-state index in [-0.39, 0.29) is 18.1 Å². The number of rotatable bonds is 4. The summed E-state index contributed by atoms with van der Waals surface area (Å²) in [6, 6.07) is 10.2. The van der Waals surface area contributed by atoms with Gasteiger partial charge in [0.25, 0.3) is 5.91 Å². The quantitative estimate of drug-likeness (QED) is 0.898. The Morgan fingerprint density at radius 2 is 2.04 bits per heavy atom. The molecule has 0 unspecified atom stereocenters. The highest BCUT2D eigenvalue weighted by molar-refractivity contribution is 6.00. The van der Waals surface area contributed by atoms with E-state index in [1.807, 2.05) is 30.3 Å². The zero-order valence-corrected chi connectivity index (χ0v) is 16.1. The third kappa shape index (κ3) is 3.64. The van der Waals surface area contributed by atoms with Crippen molar-refractivity contribution >= 4 is 5.91 Å². The minimum absolute atomic E-state index is 0.112. The van der Waals surface area contributed by atoms with Gasteiger partial charge in [0, 0.05) is 30.7 Å². The minimum atomic E-state index is -0.112. The van der Waals surface area contributed by atoms with Crippen LogP contribution >= 0.6 is 0 Å². The van der Waals surface area contributed by atoms with Gasteiger partial charge in [-0.05, 0) is 19.3 Å². The van der Waals surface area contributed by atoms with E-state index >= 15 is 0 Å². The fourth-order valence-corrected chi connectivity index (χ4v) is 4.10. The van der Waals surface area contributed by atoms with Gasteiger partial charge in [-0.25, -0.2) is 0 Å². The van der Waals surface area contributed by atoms with Crippen LogP contribution in [0.2, 0.25) is 0 Å². The molecule has 0 bridgehead atoms. The molecule has 0 saturated carbocycles. The molecule has 1 amide bonds. The number of morpholine rings is 1.